The van der Waals surface area contributed by atoms with Gasteiger partial charge < -0.3 is 16.1 Å². The fourth-order valence-corrected chi connectivity index (χ4v) is 2.51. The lowest BCUT2D eigenvalue weighted by atomic mass is 10.1. The van der Waals surface area contributed by atoms with Crippen LogP contribution in [-0.2, 0) is 23.8 Å². The molecule has 0 aliphatic rings. The maximum absolute atomic E-state index is 14.1. The molecule has 0 bridgehead atoms. The van der Waals surface area contributed by atoms with Crippen LogP contribution in [0.1, 0.15) is 30.3 Å². The molecule has 1 unspecified atom stereocenters. The molecular formula is C18H25F3N8O. The van der Waals surface area contributed by atoms with Crippen molar-refractivity contribution in [1.29, 1.82) is 0 Å². The summed E-state index contributed by atoms with van der Waals surface area (Å²) in [6.07, 6.45) is 2.90. The van der Waals surface area contributed by atoms with Gasteiger partial charge in [-0.05, 0) is 19.1 Å². The Bertz CT molecular complexity index is 880. The van der Waals surface area contributed by atoms with Gasteiger partial charge in [0.15, 0.2) is 0 Å². The van der Waals surface area contributed by atoms with Gasteiger partial charge in [-0.1, -0.05) is 5.21 Å². The van der Waals surface area contributed by atoms with Crippen LogP contribution in [0.15, 0.2) is 36.4 Å². The molecule has 0 aromatic carbocycles. The van der Waals surface area contributed by atoms with E-state index in [0.29, 0.717) is 6.54 Å². The highest BCUT2D eigenvalue weighted by Crippen LogP contribution is 2.26. The zero-order chi connectivity index (χ0) is 22.3. The second-order valence-corrected chi connectivity index (χ2v) is 6.90. The van der Waals surface area contributed by atoms with Crippen LogP contribution in [0.25, 0.3) is 0 Å². The number of aromatic nitrogens is 4. The number of hydrogen-bond donors (Lipinski definition) is 3. The van der Waals surface area contributed by atoms with Crippen LogP contribution in [0, 0.1) is 6.92 Å². The summed E-state index contributed by atoms with van der Waals surface area (Å²) in [7, 11) is 0. The fraction of sp³-hybridized carbons (Fsp3) is 0.444. The zero-order valence-electron chi connectivity index (χ0n) is 16.7. The summed E-state index contributed by atoms with van der Waals surface area (Å²) < 4.78 is 42.3. The fourth-order valence-electron chi connectivity index (χ4n) is 2.51. The number of hydrogen-bond acceptors (Lipinski definition) is 7. The third kappa shape index (κ3) is 7.35. The minimum absolute atomic E-state index is 0.106. The molecule has 0 fully saturated rings. The Morgan fingerprint density at radius 1 is 1.47 bits per heavy atom. The molecule has 2 aromatic heterocycles. The highest BCUT2D eigenvalue weighted by Gasteiger charge is 2.24. The van der Waals surface area contributed by atoms with E-state index in [0.717, 1.165) is 23.8 Å². The normalized spacial score (nSPS) is 13.2. The number of halogens is 3. The van der Waals surface area contributed by atoms with E-state index >= 15 is 0 Å². The predicted octanol–water partition coefficient (Wildman–Crippen LogP) is 1.11. The van der Waals surface area contributed by atoms with Crippen molar-refractivity contribution in [3.05, 3.63) is 53.4 Å². The smallest absolute Gasteiger partial charge is 0.270 e. The number of hydrazine groups is 1. The van der Waals surface area contributed by atoms with E-state index in [9.17, 15) is 18.0 Å². The highest BCUT2D eigenvalue weighted by molar-refractivity contribution is 5.92. The monoisotopic (exact) mass is 426 g/mol. The molecule has 1 atom stereocenters. The first-order chi connectivity index (χ1) is 14.0. The molecule has 2 heterocycles. The summed E-state index contributed by atoms with van der Waals surface area (Å²) in [6, 6.07) is 2.39. The number of carbonyl (C=O) groups excluding carboxylic acids is 1. The van der Waals surface area contributed by atoms with Gasteiger partial charge in [0.2, 0.25) is 0 Å². The Hall–Kier alpha value is -3.15. The van der Waals surface area contributed by atoms with Crippen molar-refractivity contribution in [2.75, 3.05) is 6.54 Å². The summed E-state index contributed by atoms with van der Waals surface area (Å²) in [5.74, 6) is 1.98. The lowest BCUT2D eigenvalue weighted by Crippen LogP contribution is -2.36. The van der Waals surface area contributed by atoms with Gasteiger partial charge in [-0.3, -0.25) is 14.5 Å². The van der Waals surface area contributed by atoms with E-state index < -0.39 is 18.0 Å². The number of aryl methyl sites for hydroxylation is 2. The molecule has 5 N–H and O–H groups in total. The lowest BCUT2D eigenvalue weighted by Gasteiger charge is -2.17. The van der Waals surface area contributed by atoms with Gasteiger partial charge in [0.25, 0.3) is 11.8 Å². The quantitative estimate of drug-likeness (QED) is 0.295. The summed E-state index contributed by atoms with van der Waals surface area (Å²) in [4.78, 5) is 16.0. The first-order valence-electron chi connectivity index (χ1n) is 9.15. The Morgan fingerprint density at radius 3 is 2.83 bits per heavy atom. The Morgan fingerprint density at radius 2 is 2.20 bits per heavy atom. The number of nitrogens with one attached hydrogen (secondary N) is 1. The van der Waals surface area contributed by atoms with Crippen LogP contribution in [0.2, 0.25) is 0 Å². The first kappa shape index (κ1) is 23.1. The SMILES string of the molecule is Cc1cn(CCC(F)CN(N)/C=C(\N)C(=O)NCc2cc(C(C)(F)F)ccn2)nn1. The van der Waals surface area contributed by atoms with Gasteiger partial charge in [-0.25, -0.2) is 19.0 Å². The molecule has 164 valence electrons. The van der Waals surface area contributed by atoms with Gasteiger partial charge >= 0.3 is 0 Å². The second-order valence-electron chi connectivity index (χ2n) is 6.90. The average molecular weight is 426 g/mol. The number of amides is 1. The number of nitrogens with two attached hydrogens (primary N) is 2. The van der Waals surface area contributed by atoms with Gasteiger partial charge in [-0.15, -0.1) is 5.10 Å². The minimum Gasteiger partial charge on any atom is -0.393 e. The number of nitrogens with zero attached hydrogens (tertiary/aromatic N) is 5. The number of alkyl halides is 3. The van der Waals surface area contributed by atoms with Crippen molar-refractivity contribution in [1.82, 2.24) is 30.3 Å². The van der Waals surface area contributed by atoms with Crippen LogP contribution in [-0.4, -0.2) is 43.6 Å². The van der Waals surface area contributed by atoms with Crippen LogP contribution >= 0.6 is 0 Å². The van der Waals surface area contributed by atoms with Crippen molar-refractivity contribution in [3.63, 3.8) is 0 Å². The third-order valence-electron chi connectivity index (χ3n) is 4.05. The number of pyridine rings is 1. The molecule has 30 heavy (non-hydrogen) atoms. The van der Waals surface area contributed by atoms with E-state index in [2.05, 4.69) is 20.6 Å². The molecule has 1 amide bonds. The lowest BCUT2D eigenvalue weighted by molar-refractivity contribution is -0.117. The molecule has 2 aromatic rings. The van der Waals surface area contributed by atoms with Gasteiger partial charge in [0, 0.05) is 44.0 Å². The summed E-state index contributed by atoms with van der Waals surface area (Å²) in [5, 5.41) is 11.1. The van der Waals surface area contributed by atoms with E-state index in [4.69, 9.17) is 11.6 Å². The van der Waals surface area contributed by atoms with Gasteiger partial charge in [0.05, 0.1) is 24.5 Å². The van der Waals surface area contributed by atoms with Gasteiger partial charge in [-0.2, -0.15) is 0 Å². The molecule has 0 saturated heterocycles. The Kier molecular flexibility index (Phi) is 7.75. The van der Waals surface area contributed by atoms with Crippen molar-refractivity contribution >= 4 is 5.91 Å². The highest BCUT2D eigenvalue weighted by atomic mass is 19.3. The predicted molar refractivity (Wildman–Crippen MR) is 103 cm³/mol. The minimum atomic E-state index is -3.02. The van der Waals surface area contributed by atoms with Crippen LogP contribution < -0.4 is 16.9 Å². The van der Waals surface area contributed by atoms with Crippen LogP contribution in [0.5, 0.6) is 0 Å². The maximum Gasteiger partial charge on any atom is 0.270 e. The standard InChI is InChI=1S/C18H25F3N8O/c1-12-9-29(27-26-12)6-4-14(19)10-28(23)11-16(22)17(30)25-8-15-7-13(3-5-24-15)18(2,20)21/h3,5,7,9,11,14H,4,6,8,10,22-23H2,1-2H3,(H,25,30)/b16-11-. The molecule has 9 nitrogen and oxygen atoms in total. The second kappa shape index (κ2) is 10.1. The van der Waals surface area contributed by atoms with E-state index in [-0.39, 0.29) is 36.5 Å². The average Bonchev–Trinajstić information content (AvgIpc) is 3.09. The van der Waals surface area contributed by atoms with Crippen LogP contribution in [0.3, 0.4) is 0 Å². The molecule has 2 rings (SSSR count). The van der Waals surface area contributed by atoms with Crippen molar-refractivity contribution in [2.45, 2.75) is 45.5 Å². The number of carbonyl (C=O) groups is 1. The van der Waals surface area contributed by atoms with Crippen molar-refractivity contribution < 1.29 is 18.0 Å². The Balaban J connectivity index is 1.81. The van der Waals surface area contributed by atoms with Crippen LogP contribution in [0.4, 0.5) is 13.2 Å². The van der Waals surface area contributed by atoms with E-state index in [1.165, 1.54) is 23.0 Å². The van der Waals surface area contributed by atoms with Crippen molar-refractivity contribution in [3.8, 4) is 0 Å². The summed E-state index contributed by atoms with van der Waals surface area (Å²) in [5.41, 5.74) is 6.17. The molecule has 0 spiro atoms. The topological polar surface area (TPSA) is 128 Å². The largest absolute Gasteiger partial charge is 0.393 e. The molecule has 0 aliphatic heterocycles. The summed E-state index contributed by atoms with van der Waals surface area (Å²) >= 11 is 0. The Labute approximate surface area is 171 Å². The molecule has 0 saturated carbocycles. The van der Waals surface area contributed by atoms with Crippen molar-refractivity contribution in [2.24, 2.45) is 11.6 Å². The van der Waals surface area contributed by atoms with Gasteiger partial charge in [0.1, 0.15) is 11.9 Å². The third-order valence-corrected chi connectivity index (χ3v) is 4.05. The first-order valence-corrected chi connectivity index (χ1v) is 9.15. The number of rotatable bonds is 10. The summed E-state index contributed by atoms with van der Waals surface area (Å²) in [6.45, 7) is 2.59. The zero-order valence-corrected chi connectivity index (χ0v) is 16.7. The van der Waals surface area contributed by atoms with E-state index in [1.54, 1.807) is 13.1 Å². The maximum atomic E-state index is 14.1. The van der Waals surface area contributed by atoms with E-state index in [1.807, 2.05) is 0 Å². The molecule has 0 radical (unpaired) electrons. The molecular weight excluding hydrogens is 401 g/mol. The molecule has 12 heteroatoms. The molecule has 0 aliphatic carbocycles.